The minimum absolute atomic E-state index is 0.0161. The number of phenols is 1. The van der Waals surface area contributed by atoms with Gasteiger partial charge in [0.1, 0.15) is 0 Å². The number of phenolic OH excluding ortho intramolecular Hbond substituents is 1. The molecule has 2 rings (SSSR count). The molecule has 0 saturated heterocycles. The zero-order chi connectivity index (χ0) is 15.4. The van der Waals surface area contributed by atoms with Gasteiger partial charge in [-0.3, -0.25) is 0 Å². The molecular weight excluding hydrogens is 334 g/mol. The monoisotopic (exact) mass is 351 g/mol. The molecule has 0 aliphatic heterocycles. The third-order valence-corrected chi connectivity index (χ3v) is 3.72. The number of benzene rings is 2. The molecule has 0 fully saturated rings. The van der Waals surface area contributed by atoms with E-state index in [1.54, 1.807) is 12.1 Å². The molecule has 0 aliphatic carbocycles. The number of aromatic hydroxyl groups is 1. The van der Waals surface area contributed by atoms with Crippen molar-refractivity contribution >= 4 is 21.6 Å². The van der Waals surface area contributed by atoms with Crippen LogP contribution in [-0.4, -0.2) is 19.3 Å². The first kappa shape index (κ1) is 15.5. The molecule has 4 nitrogen and oxygen atoms in total. The molecule has 112 valence electrons. The van der Waals surface area contributed by atoms with Crippen LogP contribution >= 0.6 is 15.9 Å². The van der Waals surface area contributed by atoms with Crippen molar-refractivity contribution in [3.8, 4) is 17.2 Å². The Kier molecular flexibility index (Phi) is 4.96. The fraction of sp³-hybridized carbons (Fsp3) is 0.250. The largest absolute Gasteiger partial charge is 0.502 e. The Balaban J connectivity index is 2.22. The zero-order valence-electron chi connectivity index (χ0n) is 12.2. The summed E-state index contributed by atoms with van der Waals surface area (Å²) >= 11 is 3.46. The lowest BCUT2D eigenvalue weighted by Crippen LogP contribution is -2.02. The number of hydrogen-bond acceptors (Lipinski definition) is 4. The number of ether oxygens (including phenoxy) is 2. The zero-order valence-corrected chi connectivity index (χ0v) is 13.8. The van der Waals surface area contributed by atoms with Crippen molar-refractivity contribution in [1.82, 2.24) is 0 Å². The molecule has 0 atom stereocenters. The molecule has 2 N–H and O–H groups in total. The molecule has 0 aliphatic rings. The van der Waals surface area contributed by atoms with Crippen LogP contribution in [-0.2, 0) is 6.54 Å². The molecule has 0 unspecified atom stereocenters. The van der Waals surface area contributed by atoms with Gasteiger partial charge in [-0.25, -0.2) is 0 Å². The van der Waals surface area contributed by atoms with E-state index in [1.807, 2.05) is 25.1 Å². The Bertz CT molecular complexity index is 618. The quantitative estimate of drug-likeness (QED) is 0.851. The second-order valence-corrected chi connectivity index (χ2v) is 5.58. The van der Waals surface area contributed by atoms with Crippen LogP contribution in [0.3, 0.4) is 0 Å². The summed E-state index contributed by atoms with van der Waals surface area (Å²) in [5, 5.41) is 13.3. The summed E-state index contributed by atoms with van der Waals surface area (Å²) in [6, 6.07) is 9.66. The standard InChI is InChI=1S/C16H18BrNO3/c1-10-4-5-12(17)8-13(10)18-9-11-6-14(20-2)16(19)15(7-11)21-3/h4-8,18-19H,9H2,1-3H3. The Morgan fingerprint density at radius 1 is 1.10 bits per heavy atom. The Hall–Kier alpha value is -1.88. The molecule has 0 spiro atoms. The molecule has 0 radical (unpaired) electrons. The number of hydrogen-bond donors (Lipinski definition) is 2. The van der Waals surface area contributed by atoms with E-state index < -0.39 is 0 Å². The van der Waals surface area contributed by atoms with E-state index in [-0.39, 0.29) is 5.75 Å². The summed E-state index contributed by atoms with van der Waals surface area (Å²) in [5.41, 5.74) is 3.17. The maximum Gasteiger partial charge on any atom is 0.200 e. The average Bonchev–Trinajstić information content (AvgIpc) is 2.49. The van der Waals surface area contributed by atoms with Gasteiger partial charge in [0, 0.05) is 16.7 Å². The van der Waals surface area contributed by atoms with Gasteiger partial charge >= 0.3 is 0 Å². The van der Waals surface area contributed by atoms with Crippen LogP contribution in [0.15, 0.2) is 34.8 Å². The molecule has 0 bridgehead atoms. The average molecular weight is 352 g/mol. The number of aryl methyl sites for hydroxylation is 1. The van der Waals surface area contributed by atoms with Gasteiger partial charge in [-0.05, 0) is 42.3 Å². The molecule has 5 heteroatoms. The van der Waals surface area contributed by atoms with Crippen molar-refractivity contribution in [2.24, 2.45) is 0 Å². The molecule has 0 amide bonds. The highest BCUT2D eigenvalue weighted by atomic mass is 79.9. The van der Waals surface area contributed by atoms with Gasteiger partial charge in [-0.15, -0.1) is 0 Å². The fourth-order valence-electron chi connectivity index (χ4n) is 2.03. The Labute approximate surface area is 132 Å². The van der Waals surface area contributed by atoms with Crippen LogP contribution < -0.4 is 14.8 Å². The number of nitrogens with one attached hydrogen (secondary N) is 1. The number of anilines is 1. The first-order chi connectivity index (χ1) is 10.0. The lowest BCUT2D eigenvalue weighted by atomic mass is 10.1. The van der Waals surface area contributed by atoms with Gasteiger partial charge in [0.25, 0.3) is 0 Å². The van der Waals surface area contributed by atoms with Crippen LogP contribution in [0.5, 0.6) is 17.2 Å². The molecule has 0 saturated carbocycles. The van der Waals surface area contributed by atoms with Gasteiger partial charge in [0.2, 0.25) is 5.75 Å². The van der Waals surface area contributed by atoms with Gasteiger partial charge in [-0.1, -0.05) is 22.0 Å². The summed E-state index contributed by atoms with van der Waals surface area (Å²) in [4.78, 5) is 0. The SMILES string of the molecule is COc1cc(CNc2cc(Br)ccc2C)cc(OC)c1O. The first-order valence-electron chi connectivity index (χ1n) is 6.49. The lowest BCUT2D eigenvalue weighted by molar-refractivity contribution is 0.339. The smallest absolute Gasteiger partial charge is 0.200 e. The summed E-state index contributed by atoms with van der Waals surface area (Å²) in [6.07, 6.45) is 0. The number of rotatable bonds is 5. The molecule has 0 aromatic heterocycles. The van der Waals surface area contributed by atoms with E-state index in [4.69, 9.17) is 9.47 Å². The third-order valence-electron chi connectivity index (χ3n) is 3.22. The van der Waals surface area contributed by atoms with Crippen LogP contribution in [0.1, 0.15) is 11.1 Å². The lowest BCUT2D eigenvalue weighted by Gasteiger charge is -2.13. The predicted molar refractivity (Wildman–Crippen MR) is 87.4 cm³/mol. The number of halogens is 1. The minimum Gasteiger partial charge on any atom is -0.502 e. The van der Waals surface area contributed by atoms with Gasteiger partial charge in [0.15, 0.2) is 11.5 Å². The van der Waals surface area contributed by atoms with E-state index in [1.165, 1.54) is 14.2 Å². The minimum atomic E-state index is 0.0161. The molecule has 2 aromatic carbocycles. The van der Waals surface area contributed by atoms with Gasteiger partial charge in [-0.2, -0.15) is 0 Å². The third kappa shape index (κ3) is 3.61. The Morgan fingerprint density at radius 3 is 2.29 bits per heavy atom. The van der Waals surface area contributed by atoms with E-state index >= 15 is 0 Å². The van der Waals surface area contributed by atoms with E-state index in [0.29, 0.717) is 18.0 Å². The van der Waals surface area contributed by atoms with Crippen molar-refractivity contribution in [3.05, 3.63) is 45.9 Å². The van der Waals surface area contributed by atoms with Crippen LogP contribution in [0.4, 0.5) is 5.69 Å². The van der Waals surface area contributed by atoms with E-state index in [9.17, 15) is 5.11 Å². The molecule has 21 heavy (non-hydrogen) atoms. The molecule has 2 aromatic rings. The van der Waals surface area contributed by atoms with Crippen molar-refractivity contribution in [2.75, 3.05) is 19.5 Å². The highest BCUT2D eigenvalue weighted by Crippen LogP contribution is 2.37. The summed E-state index contributed by atoms with van der Waals surface area (Å²) in [6.45, 7) is 2.65. The van der Waals surface area contributed by atoms with Crippen molar-refractivity contribution < 1.29 is 14.6 Å². The second kappa shape index (κ2) is 6.72. The molecular formula is C16H18BrNO3. The normalized spacial score (nSPS) is 10.3. The molecule has 0 heterocycles. The van der Waals surface area contributed by atoms with Gasteiger partial charge < -0.3 is 19.9 Å². The summed E-state index contributed by atoms with van der Waals surface area (Å²) in [5.74, 6) is 0.816. The van der Waals surface area contributed by atoms with Crippen LogP contribution in [0.25, 0.3) is 0 Å². The maximum absolute atomic E-state index is 9.90. The van der Waals surface area contributed by atoms with Crippen molar-refractivity contribution in [3.63, 3.8) is 0 Å². The highest BCUT2D eigenvalue weighted by Gasteiger charge is 2.11. The second-order valence-electron chi connectivity index (χ2n) is 4.66. The van der Waals surface area contributed by atoms with Crippen LogP contribution in [0.2, 0.25) is 0 Å². The summed E-state index contributed by atoms with van der Waals surface area (Å²) in [7, 11) is 3.04. The predicted octanol–water partition coefficient (Wildman–Crippen LogP) is 4.09. The van der Waals surface area contributed by atoms with E-state index in [0.717, 1.165) is 21.3 Å². The van der Waals surface area contributed by atoms with Crippen molar-refractivity contribution in [1.29, 1.82) is 0 Å². The highest BCUT2D eigenvalue weighted by molar-refractivity contribution is 9.10. The number of methoxy groups -OCH3 is 2. The first-order valence-corrected chi connectivity index (χ1v) is 7.28. The topological polar surface area (TPSA) is 50.7 Å². The Morgan fingerprint density at radius 2 is 1.71 bits per heavy atom. The van der Waals surface area contributed by atoms with Crippen molar-refractivity contribution in [2.45, 2.75) is 13.5 Å². The fourth-order valence-corrected chi connectivity index (χ4v) is 2.39. The summed E-state index contributed by atoms with van der Waals surface area (Å²) < 4.78 is 11.3. The van der Waals surface area contributed by atoms with Gasteiger partial charge in [0.05, 0.1) is 14.2 Å². The maximum atomic E-state index is 9.90. The van der Waals surface area contributed by atoms with E-state index in [2.05, 4.69) is 21.2 Å². The van der Waals surface area contributed by atoms with Crippen LogP contribution in [0, 0.1) is 6.92 Å².